The molecule has 3 rings (SSSR count). The average Bonchev–Trinajstić information content (AvgIpc) is 2.58. The van der Waals surface area contributed by atoms with Crippen molar-refractivity contribution in [3.05, 3.63) is 64.7 Å². The van der Waals surface area contributed by atoms with Crippen molar-refractivity contribution >= 4 is 11.6 Å². The maximum Gasteiger partial charge on any atom is 0.138 e. The predicted octanol–water partition coefficient (Wildman–Crippen LogP) is 3.77. The zero-order valence-corrected chi connectivity index (χ0v) is 14.7. The molecule has 0 saturated carbocycles. The van der Waals surface area contributed by atoms with E-state index >= 15 is 0 Å². The third-order valence-electron chi connectivity index (χ3n) is 4.63. The predicted molar refractivity (Wildman–Crippen MR) is 97.5 cm³/mol. The van der Waals surface area contributed by atoms with Crippen LogP contribution in [-0.4, -0.2) is 36.2 Å². The first-order chi connectivity index (χ1) is 11.6. The van der Waals surface area contributed by atoms with E-state index in [9.17, 15) is 5.11 Å². The summed E-state index contributed by atoms with van der Waals surface area (Å²) in [5, 5.41) is 10.8. The van der Waals surface area contributed by atoms with E-state index in [1.54, 1.807) is 0 Å². The minimum Gasteiger partial charge on any atom is -0.487 e. The zero-order chi connectivity index (χ0) is 16.9. The van der Waals surface area contributed by atoms with Crippen molar-refractivity contribution in [3.63, 3.8) is 0 Å². The van der Waals surface area contributed by atoms with Crippen LogP contribution >= 0.6 is 11.6 Å². The van der Waals surface area contributed by atoms with Gasteiger partial charge in [-0.3, -0.25) is 0 Å². The molecular formula is C20H24ClNO2. The van der Waals surface area contributed by atoms with Gasteiger partial charge in [0.25, 0.3) is 0 Å². The average molecular weight is 346 g/mol. The van der Waals surface area contributed by atoms with Crippen molar-refractivity contribution in [3.8, 4) is 5.75 Å². The summed E-state index contributed by atoms with van der Waals surface area (Å²) in [7, 11) is 2.10. The minimum absolute atomic E-state index is 0.228. The number of hydrogen-bond donors (Lipinski definition) is 1. The molecule has 1 N–H and O–H groups in total. The Morgan fingerprint density at radius 1 is 1.17 bits per heavy atom. The Labute approximate surface area is 148 Å². The highest BCUT2D eigenvalue weighted by Crippen LogP contribution is 2.29. The van der Waals surface area contributed by atoms with Gasteiger partial charge in [-0.1, -0.05) is 48.0 Å². The Morgan fingerprint density at radius 2 is 1.96 bits per heavy atom. The van der Waals surface area contributed by atoms with Crippen LogP contribution in [-0.2, 0) is 13.0 Å². The minimum atomic E-state index is -0.228. The summed E-state index contributed by atoms with van der Waals surface area (Å²) in [4.78, 5) is 2.27. The van der Waals surface area contributed by atoms with Crippen LogP contribution in [0.3, 0.4) is 0 Å². The number of piperidine rings is 1. The van der Waals surface area contributed by atoms with Crippen LogP contribution in [0, 0.1) is 5.92 Å². The van der Waals surface area contributed by atoms with E-state index in [-0.39, 0.29) is 12.0 Å². The van der Waals surface area contributed by atoms with Gasteiger partial charge in [0, 0.05) is 19.0 Å². The van der Waals surface area contributed by atoms with E-state index in [2.05, 4.69) is 11.9 Å². The van der Waals surface area contributed by atoms with Gasteiger partial charge in [-0.25, -0.2) is 0 Å². The topological polar surface area (TPSA) is 32.7 Å². The number of rotatable bonds is 5. The van der Waals surface area contributed by atoms with Gasteiger partial charge in [0.2, 0.25) is 0 Å². The summed E-state index contributed by atoms with van der Waals surface area (Å²) in [6.07, 6.45) is 1.45. The van der Waals surface area contributed by atoms with E-state index in [0.717, 1.165) is 37.1 Å². The lowest BCUT2D eigenvalue weighted by Crippen LogP contribution is -2.41. The number of ether oxygens (including phenoxy) is 1. The third kappa shape index (κ3) is 4.50. The summed E-state index contributed by atoms with van der Waals surface area (Å²) < 4.78 is 5.82. The molecule has 0 aromatic heterocycles. The summed E-state index contributed by atoms with van der Waals surface area (Å²) in [6, 6.07) is 16.0. The van der Waals surface area contributed by atoms with Gasteiger partial charge in [0.1, 0.15) is 12.4 Å². The number of likely N-dealkylation sites (tertiary alicyclic amines) is 1. The van der Waals surface area contributed by atoms with Crippen molar-refractivity contribution < 1.29 is 9.84 Å². The molecule has 2 unspecified atom stereocenters. The highest BCUT2D eigenvalue weighted by Gasteiger charge is 2.26. The van der Waals surface area contributed by atoms with Gasteiger partial charge < -0.3 is 14.7 Å². The Bertz CT molecular complexity index is 662. The molecule has 0 bridgehead atoms. The van der Waals surface area contributed by atoms with E-state index in [4.69, 9.17) is 16.3 Å². The number of aliphatic hydroxyl groups excluding tert-OH is 1. The largest absolute Gasteiger partial charge is 0.487 e. The number of nitrogens with zero attached hydrogens (tertiary/aromatic N) is 1. The van der Waals surface area contributed by atoms with Crippen molar-refractivity contribution in [2.75, 3.05) is 20.1 Å². The molecule has 0 spiro atoms. The molecule has 2 atom stereocenters. The fourth-order valence-electron chi connectivity index (χ4n) is 3.23. The molecule has 1 aliphatic rings. The summed E-state index contributed by atoms with van der Waals surface area (Å²) in [5.74, 6) is 0.960. The highest BCUT2D eigenvalue weighted by molar-refractivity contribution is 6.32. The van der Waals surface area contributed by atoms with E-state index < -0.39 is 0 Å². The molecule has 0 amide bonds. The Balaban J connectivity index is 1.62. The van der Waals surface area contributed by atoms with E-state index in [0.29, 0.717) is 17.4 Å². The smallest absolute Gasteiger partial charge is 0.138 e. The highest BCUT2D eigenvalue weighted by atomic mass is 35.5. The van der Waals surface area contributed by atoms with Crippen LogP contribution in [0.2, 0.25) is 5.02 Å². The van der Waals surface area contributed by atoms with Crippen LogP contribution in [0.5, 0.6) is 5.75 Å². The molecule has 1 fully saturated rings. The van der Waals surface area contributed by atoms with E-state index in [1.165, 1.54) is 0 Å². The second-order valence-corrected chi connectivity index (χ2v) is 7.03. The number of hydrogen-bond acceptors (Lipinski definition) is 3. The van der Waals surface area contributed by atoms with E-state index in [1.807, 2.05) is 48.5 Å². The quantitative estimate of drug-likeness (QED) is 0.895. The molecule has 128 valence electrons. The molecule has 3 nitrogen and oxygen atoms in total. The monoisotopic (exact) mass is 345 g/mol. The lowest BCUT2D eigenvalue weighted by Gasteiger charge is -2.34. The molecule has 24 heavy (non-hydrogen) atoms. The number of aliphatic hydroxyl groups is 1. The SMILES string of the molecule is CN1CCC(O)C(Cc2ccc(OCc3ccccc3)c(Cl)c2)C1. The number of benzene rings is 2. The van der Waals surface area contributed by atoms with Gasteiger partial charge in [-0.15, -0.1) is 0 Å². The maximum absolute atomic E-state index is 10.2. The van der Waals surface area contributed by atoms with Gasteiger partial charge in [0.15, 0.2) is 0 Å². The lowest BCUT2D eigenvalue weighted by molar-refractivity contribution is 0.0366. The standard InChI is InChI=1S/C20H24ClNO2/c1-22-10-9-19(23)17(13-22)11-16-7-8-20(18(21)12-16)24-14-15-5-3-2-4-6-15/h2-8,12,17,19,23H,9-11,13-14H2,1H3. The summed E-state index contributed by atoms with van der Waals surface area (Å²) in [6.45, 7) is 2.39. The molecule has 2 aromatic rings. The van der Waals surface area contributed by atoms with Crippen LogP contribution in [0.4, 0.5) is 0 Å². The fourth-order valence-corrected chi connectivity index (χ4v) is 3.49. The van der Waals surface area contributed by atoms with Crippen molar-refractivity contribution in [2.45, 2.75) is 25.6 Å². The van der Waals surface area contributed by atoms with Crippen LogP contribution < -0.4 is 4.74 Å². The molecule has 0 radical (unpaired) electrons. The first-order valence-electron chi connectivity index (χ1n) is 8.43. The zero-order valence-electron chi connectivity index (χ0n) is 14.0. The molecule has 0 aliphatic carbocycles. The van der Waals surface area contributed by atoms with Crippen molar-refractivity contribution in [2.24, 2.45) is 5.92 Å². The van der Waals surface area contributed by atoms with Crippen LogP contribution in [0.25, 0.3) is 0 Å². The molecule has 4 heteroatoms. The van der Waals surface area contributed by atoms with Crippen LogP contribution in [0.1, 0.15) is 17.5 Å². The number of halogens is 1. The second kappa shape index (κ2) is 8.02. The second-order valence-electron chi connectivity index (χ2n) is 6.62. The molecule has 1 saturated heterocycles. The van der Waals surface area contributed by atoms with Gasteiger partial charge in [0.05, 0.1) is 11.1 Å². The first-order valence-corrected chi connectivity index (χ1v) is 8.81. The maximum atomic E-state index is 10.2. The lowest BCUT2D eigenvalue weighted by atomic mass is 9.89. The first kappa shape index (κ1) is 17.3. The Hall–Kier alpha value is -1.55. The van der Waals surface area contributed by atoms with Gasteiger partial charge in [-0.05, 0) is 43.1 Å². The Morgan fingerprint density at radius 3 is 2.71 bits per heavy atom. The molecular weight excluding hydrogens is 322 g/mol. The van der Waals surface area contributed by atoms with Crippen LogP contribution in [0.15, 0.2) is 48.5 Å². The fraction of sp³-hybridized carbons (Fsp3) is 0.400. The normalized spacial score (nSPS) is 21.6. The van der Waals surface area contributed by atoms with Gasteiger partial charge >= 0.3 is 0 Å². The third-order valence-corrected chi connectivity index (χ3v) is 4.92. The molecule has 2 aromatic carbocycles. The summed E-state index contributed by atoms with van der Waals surface area (Å²) in [5.41, 5.74) is 2.26. The summed E-state index contributed by atoms with van der Waals surface area (Å²) >= 11 is 6.38. The van der Waals surface area contributed by atoms with Gasteiger partial charge in [-0.2, -0.15) is 0 Å². The molecule has 1 aliphatic heterocycles. The molecule has 1 heterocycles. The Kier molecular flexibility index (Phi) is 5.77. The van der Waals surface area contributed by atoms with Crippen molar-refractivity contribution in [1.82, 2.24) is 4.90 Å². The van der Waals surface area contributed by atoms with Crippen molar-refractivity contribution in [1.29, 1.82) is 0 Å².